The Bertz CT molecular complexity index is 928. The van der Waals surface area contributed by atoms with Crippen LogP contribution in [0.3, 0.4) is 0 Å². The van der Waals surface area contributed by atoms with Crippen molar-refractivity contribution in [3.63, 3.8) is 0 Å². The quantitative estimate of drug-likeness (QED) is 0.309. The van der Waals surface area contributed by atoms with Gasteiger partial charge in [-0.15, -0.1) is 8.19 Å². The molecule has 0 saturated carbocycles. The van der Waals surface area contributed by atoms with Crippen LogP contribution in [0.4, 0.5) is 5.42 Å². The molecule has 0 radical (unpaired) electrons. The average molecular weight is 432 g/mol. The molecule has 7 heteroatoms. The number of ether oxygens (including phenoxy) is 2. The van der Waals surface area contributed by atoms with Crippen molar-refractivity contribution in [2.75, 3.05) is 5.06 Å². The first-order valence-electron chi connectivity index (χ1n) is 9.27. The van der Waals surface area contributed by atoms with Crippen LogP contribution in [-0.2, 0) is 9.53 Å². The van der Waals surface area contributed by atoms with E-state index in [9.17, 15) is 4.79 Å². The monoisotopic (exact) mass is 431 g/mol. The average Bonchev–Trinajstić information content (AvgIpc) is 3.15. The second kappa shape index (κ2) is 9.73. The number of benzene rings is 2. The summed E-state index contributed by atoms with van der Waals surface area (Å²) in [5.41, 5.74) is 0.761. The lowest BCUT2D eigenvalue weighted by molar-refractivity contribution is -0.149. The summed E-state index contributed by atoms with van der Waals surface area (Å²) >= 11 is 5.96. The molecule has 0 aliphatic heterocycles. The Balaban J connectivity index is 1.90. The molecule has 0 N–H and O–H groups in total. The molecule has 1 aromatic heterocycles. The van der Waals surface area contributed by atoms with E-state index in [-0.39, 0.29) is 20.3 Å². The maximum Gasteiger partial charge on any atom is 0.332 e. The minimum Gasteiger partial charge on any atom is -0.461 e. The third-order valence-corrected chi connectivity index (χ3v) is 5.27. The van der Waals surface area contributed by atoms with E-state index < -0.39 is 6.04 Å². The number of nitrogens with zero attached hydrogens (tertiary/aromatic N) is 1. The smallest absolute Gasteiger partial charge is 0.332 e. The minimum absolute atomic E-state index is 0.216. The molecular weight excluding hydrogens is 409 g/mol. The number of anilines is 1. The number of hydrogen-bond donors (Lipinski definition) is 0. The molecule has 2 atom stereocenters. The number of carbonyl (C=O) groups excluding carboxylic acids is 1. The highest BCUT2D eigenvalue weighted by Crippen LogP contribution is 2.42. The summed E-state index contributed by atoms with van der Waals surface area (Å²) in [5.74, 6) is 3.50. The maximum atomic E-state index is 12.6. The molecule has 5 nitrogen and oxygen atoms in total. The van der Waals surface area contributed by atoms with Gasteiger partial charge in [0.25, 0.3) is 0 Å². The molecule has 29 heavy (non-hydrogen) atoms. The van der Waals surface area contributed by atoms with Gasteiger partial charge in [0.05, 0.1) is 6.10 Å². The first kappa shape index (κ1) is 21.1. The van der Waals surface area contributed by atoms with E-state index in [1.165, 1.54) is 0 Å². The van der Waals surface area contributed by atoms with Gasteiger partial charge in [0.2, 0.25) is 0 Å². The standard InChI is InChI=1S/C22H23ClNO4P/c1-15(2)26-22(25)16(3)24(28-19-7-5-4-6-8-19)21-20(13-14-29-21)27-18-11-9-17(23)10-12-18/h4-16,29H,1-3H3. The number of rotatable bonds is 8. The summed E-state index contributed by atoms with van der Waals surface area (Å²) in [6.45, 7) is 5.39. The fourth-order valence-electron chi connectivity index (χ4n) is 2.57. The van der Waals surface area contributed by atoms with Crippen molar-refractivity contribution in [1.29, 1.82) is 0 Å². The molecule has 0 saturated heterocycles. The number of hydroxylamine groups is 1. The largest absolute Gasteiger partial charge is 0.461 e. The Labute approximate surface area is 177 Å². The zero-order valence-electron chi connectivity index (χ0n) is 16.5. The molecule has 3 aromatic rings. The van der Waals surface area contributed by atoms with Crippen LogP contribution in [0.1, 0.15) is 20.8 Å². The lowest BCUT2D eigenvalue weighted by atomic mass is 10.3. The Morgan fingerprint density at radius 1 is 0.966 bits per heavy atom. The summed E-state index contributed by atoms with van der Waals surface area (Å²) in [7, 11) is 0.284. The highest BCUT2D eigenvalue weighted by Gasteiger charge is 2.29. The van der Waals surface area contributed by atoms with E-state index in [2.05, 4.69) is 0 Å². The van der Waals surface area contributed by atoms with E-state index in [1.54, 1.807) is 36.3 Å². The second-order valence-corrected chi connectivity index (χ2v) is 8.17. The highest BCUT2D eigenvalue weighted by molar-refractivity contribution is 7.34. The highest BCUT2D eigenvalue weighted by atomic mass is 35.5. The number of carbonyl (C=O) groups is 1. The van der Waals surface area contributed by atoms with Crippen LogP contribution in [-0.4, -0.2) is 18.1 Å². The van der Waals surface area contributed by atoms with Gasteiger partial charge in [0.1, 0.15) is 11.2 Å². The summed E-state index contributed by atoms with van der Waals surface area (Å²) in [4.78, 5) is 18.7. The van der Waals surface area contributed by atoms with Crippen LogP contribution in [0.15, 0.2) is 66.5 Å². The normalized spacial score (nSPS) is 12.0. The molecule has 3 rings (SSSR count). The zero-order chi connectivity index (χ0) is 20.8. The van der Waals surface area contributed by atoms with Crippen molar-refractivity contribution < 1.29 is 19.1 Å². The zero-order valence-corrected chi connectivity index (χ0v) is 18.2. The summed E-state index contributed by atoms with van der Waals surface area (Å²) < 4.78 is 11.4. The van der Waals surface area contributed by atoms with E-state index in [4.69, 9.17) is 25.9 Å². The molecule has 0 bridgehead atoms. The molecule has 0 aliphatic carbocycles. The Kier molecular flexibility index (Phi) is 7.08. The predicted molar refractivity (Wildman–Crippen MR) is 118 cm³/mol. The van der Waals surface area contributed by atoms with Crippen molar-refractivity contribution in [2.45, 2.75) is 32.9 Å². The summed E-state index contributed by atoms with van der Waals surface area (Å²) in [6, 6.07) is 17.6. The van der Waals surface area contributed by atoms with Gasteiger partial charge in [0, 0.05) is 5.02 Å². The second-order valence-electron chi connectivity index (χ2n) is 6.64. The van der Waals surface area contributed by atoms with E-state index in [1.807, 2.05) is 56.0 Å². The van der Waals surface area contributed by atoms with Crippen molar-refractivity contribution in [3.8, 4) is 17.2 Å². The Hall–Kier alpha value is -2.62. The minimum atomic E-state index is -0.663. The topological polar surface area (TPSA) is 48.0 Å². The van der Waals surface area contributed by atoms with Gasteiger partial charge in [-0.3, -0.25) is 0 Å². The van der Waals surface area contributed by atoms with E-state index >= 15 is 0 Å². The fraction of sp³-hybridized carbons (Fsp3) is 0.227. The number of para-hydroxylation sites is 1. The lowest BCUT2D eigenvalue weighted by Crippen LogP contribution is -2.43. The van der Waals surface area contributed by atoms with E-state index in [0.717, 1.165) is 5.42 Å². The third kappa shape index (κ3) is 5.69. The van der Waals surface area contributed by atoms with Crippen LogP contribution in [0.25, 0.3) is 0 Å². The summed E-state index contributed by atoms with van der Waals surface area (Å²) in [6.07, 6.45) is -0.216. The Morgan fingerprint density at radius 2 is 1.66 bits per heavy atom. The van der Waals surface area contributed by atoms with Gasteiger partial charge in [0.15, 0.2) is 17.5 Å². The molecule has 2 aromatic carbocycles. The molecular formula is C22H23ClNO4P. The molecule has 0 aliphatic rings. The van der Waals surface area contributed by atoms with E-state index in [0.29, 0.717) is 22.3 Å². The van der Waals surface area contributed by atoms with Crippen LogP contribution in [0, 0.1) is 0 Å². The molecule has 2 unspecified atom stereocenters. The SMILES string of the molecule is CC(C)OC(=O)C(C)N(Oc1ccccc1)c1[pH]ccc1Oc1ccc(Cl)cc1. The molecule has 0 fully saturated rings. The Morgan fingerprint density at radius 3 is 2.31 bits per heavy atom. The predicted octanol–water partition coefficient (Wildman–Crippen LogP) is 6.30. The van der Waals surface area contributed by atoms with Crippen LogP contribution < -0.4 is 14.6 Å². The van der Waals surface area contributed by atoms with Crippen LogP contribution in [0.5, 0.6) is 17.2 Å². The van der Waals surface area contributed by atoms with Gasteiger partial charge in [-0.2, -0.15) is 5.06 Å². The fourth-order valence-corrected chi connectivity index (χ4v) is 3.73. The maximum absolute atomic E-state index is 12.6. The van der Waals surface area contributed by atoms with Crippen molar-refractivity contribution in [1.82, 2.24) is 0 Å². The van der Waals surface area contributed by atoms with Crippen LogP contribution in [0.2, 0.25) is 5.02 Å². The van der Waals surface area contributed by atoms with Gasteiger partial charge < -0.3 is 14.3 Å². The van der Waals surface area contributed by atoms with Gasteiger partial charge >= 0.3 is 5.97 Å². The lowest BCUT2D eigenvalue weighted by Gasteiger charge is -2.29. The molecule has 1 heterocycles. The number of halogens is 1. The van der Waals surface area contributed by atoms with Crippen molar-refractivity contribution in [3.05, 3.63) is 71.5 Å². The van der Waals surface area contributed by atoms with Gasteiger partial charge in [-0.25, -0.2) is 4.79 Å². The van der Waals surface area contributed by atoms with Gasteiger partial charge in [-0.05, 0) is 69.0 Å². The van der Waals surface area contributed by atoms with Gasteiger partial charge in [-0.1, -0.05) is 29.8 Å². The first-order chi connectivity index (χ1) is 13.9. The van der Waals surface area contributed by atoms with Crippen molar-refractivity contribution >= 4 is 31.2 Å². The summed E-state index contributed by atoms with van der Waals surface area (Å²) in [5, 5.41) is 2.21. The van der Waals surface area contributed by atoms with Crippen LogP contribution >= 0.6 is 19.8 Å². The third-order valence-electron chi connectivity index (χ3n) is 3.94. The molecule has 0 spiro atoms. The number of hydrogen-bond acceptors (Lipinski definition) is 5. The molecule has 152 valence electrons. The van der Waals surface area contributed by atoms with Crippen molar-refractivity contribution in [2.24, 2.45) is 0 Å². The first-order valence-corrected chi connectivity index (χ1v) is 10.7. The molecule has 0 amide bonds. The number of esters is 1.